The van der Waals surface area contributed by atoms with E-state index in [1.54, 1.807) is 0 Å². The maximum atomic E-state index is 5.38. The summed E-state index contributed by atoms with van der Waals surface area (Å²) >= 11 is 0. The zero-order valence-electron chi connectivity index (χ0n) is 44.8. The van der Waals surface area contributed by atoms with E-state index in [0.29, 0.717) is 5.82 Å². The van der Waals surface area contributed by atoms with Crippen LogP contribution in [-0.4, -0.2) is 28.2 Å². The number of hydrogen-bond donors (Lipinski definition) is 0. The normalized spacial score (nSPS) is 12.0. The molecule has 5 heterocycles. The molecule has 0 aliphatic rings. The Hall–Kier alpha value is -10.3. The quantitative estimate of drug-likeness (QED) is 0.160. The van der Waals surface area contributed by atoms with E-state index in [2.05, 4.69) is 283 Å². The smallest absolute Gasteiger partial charge is 0.160 e. The second-order valence-corrected chi connectivity index (χ2v) is 21.4. The third-order valence-electron chi connectivity index (χ3n) is 17.3. The molecule has 0 fully saturated rings. The molecule has 16 aromatic rings. The van der Waals surface area contributed by atoms with Crippen LogP contribution < -0.4 is 0 Å². The van der Waals surface area contributed by atoms with Gasteiger partial charge in [0.25, 0.3) is 0 Å². The van der Waals surface area contributed by atoms with Crippen LogP contribution in [0.15, 0.2) is 243 Å². The fourth-order valence-corrected chi connectivity index (χ4v) is 13.2. The number of benzene rings is 11. The standard InChI is InChI=1S/C74H52N6/c1-45-47(3)64(79-70-32-18-12-26-58(70)60-42-50(34-38-72(60)79)77-66-28-14-8-22-54(66)55-23-9-15-29-67(55)77)40-36-52(45)62-44-63(76-74(75-62)49-20-6-5-7-21-49)53-37-41-65(48(4)46(53)2)80-71-33-19-13-27-59(71)61-43-51(35-39-73(61)80)78-68-30-16-10-24-56(68)57-25-11-17-31-69(57)78/h5-44H,1-4H3. The molecule has 0 radical (unpaired) electrons. The first-order valence-corrected chi connectivity index (χ1v) is 27.6. The maximum absolute atomic E-state index is 5.38. The molecule has 80 heavy (non-hydrogen) atoms. The Labute approximate surface area is 462 Å². The zero-order chi connectivity index (χ0) is 53.3. The topological polar surface area (TPSA) is 45.5 Å². The van der Waals surface area contributed by atoms with E-state index in [1.807, 2.05) is 6.07 Å². The van der Waals surface area contributed by atoms with Gasteiger partial charge < -0.3 is 18.3 Å². The highest BCUT2D eigenvalue weighted by Gasteiger charge is 2.23. The predicted octanol–water partition coefficient (Wildman–Crippen LogP) is 19.1. The number of nitrogens with zero attached hydrogens (tertiary/aromatic N) is 6. The minimum atomic E-state index is 0.697. The monoisotopic (exact) mass is 1020 g/mol. The minimum Gasteiger partial charge on any atom is -0.309 e. The summed E-state index contributed by atoms with van der Waals surface area (Å²) in [6.07, 6.45) is 0. The van der Waals surface area contributed by atoms with Crippen molar-refractivity contribution in [2.45, 2.75) is 27.7 Å². The summed E-state index contributed by atoms with van der Waals surface area (Å²) in [6, 6.07) is 88.2. The van der Waals surface area contributed by atoms with Gasteiger partial charge in [0.15, 0.2) is 5.82 Å². The average molecular weight is 1030 g/mol. The average Bonchev–Trinajstić information content (AvgIpc) is 4.35. The summed E-state index contributed by atoms with van der Waals surface area (Å²) in [5, 5.41) is 9.91. The Morgan fingerprint density at radius 3 is 0.938 bits per heavy atom. The number of fused-ring (bicyclic) bond motifs is 12. The number of aromatic nitrogens is 6. The van der Waals surface area contributed by atoms with Gasteiger partial charge in [-0.1, -0.05) is 152 Å². The van der Waals surface area contributed by atoms with Crippen LogP contribution in [-0.2, 0) is 0 Å². The van der Waals surface area contributed by atoms with Crippen molar-refractivity contribution in [3.05, 3.63) is 265 Å². The Kier molecular flexibility index (Phi) is 10.1. The lowest BCUT2D eigenvalue weighted by Crippen LogP contribution is -2.03. The number of hydrogen-bond acceptors (Lipinski definition) is 2. The van der Waals surface area contributed by atoms with Crippen LogP contribution in [0.4, 0.5) is 0 Å². The Bertz CT molecular complexity index is 4830. The van der Waals surface area contributed by atoms with Crippen LogP contribution in [0.3, 0.4) is 0 Å². The van der Waals surface area contributed by atoms with Crippen LogP contribution >= 0.6 is 0 Å². The highest BCUT2D eigenvalue weighted by molar-refractivity contribution is 6.14. The molecule has 6 nitrogen and oxygen atoms in total. The van der Waals surface area contributed by atoms with E-state index in [4.69, 9.17) is 9.97 Å². The van der Waals surface area contributed by atoms with Gasteiger partial charge in [0.2, 0.25) is 0 Å². The molecule has 16 rings (SSSR count). The Morgan fingerprint density at radius 2 is 0.562 bits per heavy atom. The van der Waals surface area contributed by atoms with Gasteiger partial charge in [-0.2, -0.15) is 0 Å². The van der Waals surface area contributed by atoms with E-state index in [0.717, 1.165) is 50.8 Å². The van der Waals surface area contributed by atoms with Gasteiger partial charge in [0.1, 0.15) is 0 Å². The van der Waals surface area contributed by atoms with Crippen molar-refractivity contribution in [3.63, 3.8) is 0 Å². The van der Waals surface area contributed by atoms with Gasteiger partial charge in [-0.15, -0.1) is 0 Å². The molecule has 0 atom stereocenters. The molecule has 0 N–H and O–H groups in total. The molecule has 378 valence electrons. The first-order valence-electron chi connectivity index (χ1n) is 27.6. The molecule has 5 aromatic heterocycles. The maximum Gasteiger partial charge on any atom is 0.160 e. The molecule has 0 bridgehead atoms. The van der Waals surface area contributed by atoms with E-state index in [-0.39, 0.29) is 0 Å². The van der Waals surface area contributed by atoms with E-state index in [1.165, 1.54) is 109 Å². The molecule has 0 aliphatic carbocycles. The summed E-state index contributed by atoms with van der Waals surface area (Å²) < 4.78 is 9.71. The summed E-state index contributed by atoms with van der Waals surface area (Å²) in [6.45, 7) is 9.00. The molecule has 0 saturated carbocycles. The zero-order valence-corrected chi connectivity index (χ0v) is 44.8. The van der Waals surface area contributed by atoms with Crippen molar-refractivity contribution >= 4 is 87.2 Å². The van der Waals surface area contributed by atoms with Crippen molar-refractivity contribution in [2.24, 2.45) is 0 Å². The lowest BCUT2D eigenvalue weighted by molar-refractivity contribution is 1.12. The highest BCUT2D eigenvalue weighted by atomic mass is 15.0. The molecule has 0 spiro atoms. The van der Waals surface area contributed by atoms with Gasteiger partial charge in [-0.3, -0.25) is 0 Å². The van der Waals surface area contributed by atoms with Gasteiger partial charge in [-0.25, -0.2) is 9.97 Å². The molecular formula is C74H52N6. The van der Waals surface area contributed by atoms with E-state index < -0.39 is 0 Å². The Morgan fingerprint density at radius 1 is 0.250 bits per heavy atom. The molecular weight excluding hydrogens is 973 g/mol. The summed E-state index contributed by atoms with van der Waals surface area (Å²) in [4.78, 5) is 10.8. The van der Waals surface area contributed by atoms with Crippen LogP contribution in [0, 0.1) is 27.7 Å². The summed E-state index contributed by atoms with van der Waals surface area (Å²) in [7, 11) is 0. The summed E-state index contributed by atoms with van der Waals surface area (Å²) in [5.41, 5.74) is 23.7. The first kappa shape index (κ1) is 45.9. The number of rotatable bonds is 7. The molecule has 0 amide bonds. The van der Waals surface area contributed by atoms with Gasteiger partial charge in [0.05, 0.1) is 55.5 Å². The van der Waals surface area contributed by atoms with E-state index >= 15 is 0 Å². The lowest BCUT2D eigenvalue weighted by Gasteiger charge is -2.19. The van der Waals surface area contributed by atoms with Crippen LogP contribution in [0.25, 0.3) is 144 Å². The predicted molar refractivity (Wildman–Crippen MR) is 335 cm³/mol. The van der Waals surface area contributed by atoms with Gasteiger partial charge >= 0.3 is 0 Å². The molecule has 0 unspecified atom stereocenters. The van der Waals surface area contributed by atoms with Crippen LogP contribution in [0.2, 0.25) is 0 Å². The third-order valence-corrected chi connectivity index (χ3v) is 17.3. The lowest BCUT2D eigenvalue weighted by atomic mass is 9.95. The molecule has 6 heteroatoms. The third kappa shape index (κ3) is 6.72. The fraction of sp³-hybridized carbons (Fsp3) is 0.0541. The minimum absolute atomic E-state index is 0.697. The summed E-state index contributed by atoms with van der Waals surface area (Å²) in [5.74, 6) is 0.697. The molecule has 0 saturated heterocycles. The molecule has 11 aromatic carbocycles. The van der Waals surface area contributed by atoms with Crippen molar-refractivity contribution in [1.29, 1.82) is 0 Å². The van der Waals surface area contributed by atoms with E-state index in [9.17, 15) is 0 Å². The Balaban J connectivity index is 0.814. The van der Waals surface area contributed by atoms with Crippen molar-refractivity contribution in [1.82, 2.24) is 28.2 Å². The van der Waals surface area contributed by atoms with Crippen molar-refractivity contribution in [2.75, 3.05) is 0 Å². The largest absolute Gasteiger partial charge is 0.309 e. The van der Waals surface area contributed by atoms with Crippen LogP contribution in [0.1, 0.15) is 22.3 Å². The van der Waals surface area contributed by atoms with Crippen molar-refractivity contribution in [3.8, 4) is 56.7 Å². The second kappa shape index (κ2) is 17.6. The SMILES string of the molecule is Cc1c(-c2cc(-c3ccc(-n4c5ccccc5c5cc(-n6c7ccccc7c7ccccc76)ccc54)c(C)c3C)nc(-c3ccccc3)n2)ccc(-n2c3ccccc3c3cc(-n4c5ccccc5c5ccccc54)ccc32)c1C. The number of para-hydroxylation sites is 6. The first-order chi connectivity index (χ1) is 39.4. The second-order valence-electron chi connectivity index (χ2n) is 21.4. The van der Waals surface area contributed by atoms with Crippen LogP contribution in [0.5, 0.6) is 0 Å². The van der Waals surface area contributed by atoms with Gasteiger partial charge in [0, 0.05) is 82.5 Å². The fourth-order valence-electron chi connectivity index (χ4n) is 13.2. The van der Waals surface area contributed by atoms with Crippen molar-refractivity contribution < 1.29 is 0 Å². The molecule has 0 aliphatic heterocycles. The van der Waals surface area contributed by atoms with Gasteiger partial charge in [-0.05, 0) is 141 Å². The highest BCUT2D eigenvalue weighted by Crippen LogP contribution is 2.42.